The Labute approximate surface area is 105 Å². The van der Waals surface area contributed by atoms with Crippen LogP contribution in [0.1, 0.15) is 34.8 Å². The minimum atomic E-state index is -1.01. The van der Waals surface area contributed by atoms with Gasteiger partial charge in [0.2, 0.25) is 0 Å². The second-order valence-electron chi connectivity index (χ2n) is 4.26. The summed E-state index contributed by atoms with van der Waals surface area (Å²) < 4.78 is 0. The molecule has 2 N–H and O–H groups in total. The highest BCUT2D eigenvalue weighted by atomic mass is 16.4. The molecule has 0 spiro atoms. The van der Waals surface area contributed by atoms with Crippen LogP contribution < -0.4 is 5.32 Å². The maximum Gasteiger partial charge on any atom is 0.326 e. The standard InChI is InChI=1S/C14H15NO3/c1-2-12(14(17)18)15-13(16)11-8-4-6-9-5-3-7-10(9)11/h3-4,6-8,12H,2,5H2,1H3,(H,15,16)(H,17,18)/t12-/m0/s1. The van der Waals surface area contributed by atoms with Crippen LogP contribution in [-0.2, 0) is 11.2 Å². The Morgan fingerprint density at radius 2 is 2.22 bits per heavy atom. The first-order valence-corrected chi connectivity index (χ1v) is 5.95. The lowest BCUT2D eigenvalue weighted by atomic mass is 10.0. The molecule has 2 rings (SSSR count). The number of carboxylic acids is 1. The largest absolute Gasteiger partial charge is 0.480 e. The van der Waals surface area contributed by atoms with E-state index >= 15 is 0 Å². The summed E-state index contributed by atoms with van der Waals surface area (Å²) >= 11 is 0. The molecular weight excluding hydrogens is 230 g/mol. The van der Waals surface area contributed by atoms with Crippen LogP contribution in [0.2, 0.25) is 0 Å². The van der Waals surface area contributed by atoms with Gasteiger partial charge in [0.25, 0.3) is 5.91 Å². The molecule has 1 aliphatic carbocycles. The second kappa shape index (κ2) is 5.04. The summed E-state index contributed by atoms with van der Waals surface area (Å²) in [4.78, 5) is 23.0. The molecule has 94 valence electrons. The molecule has 0 unspecified atom stereocenters. The van der Waals surface area contributed by atoms with E-state index in [-0.39, 0.29) is 5.91 Å². The van der Waals surface area contributed by atoms with E-state index in [0.29, 0.717) is 12.0 Å². The van der Waals surface area contributed by atoms with Gasteiger partial charge >= 0.3 is 5.97 Å². The average Bonchev–Trinajstić information content (AvgIpc) is 2.82. The molecule has 0 saturated carbocycles. The number of fused-ring (bicyclic) bond motifs is 1. The second-order valence-corrected chi connectivity index (χ2v) is 4.26. The van der Waals surface area contributed by atoms with Gasteiger partial charge in [-0.05, 0) is 30.0 Å². The van der Waals surface area contributed by atoms with Crippen molar-refractivity contribution in [1.29, 1.82) is 0 Å². The average molecular weight is 245 g/mol. The summed E-state index contributed by atoms with van der Waals surface area (Å²) in [5, 5.41) is 11.5. The van der Waals surface area contributed by atoms with Gasteiger partial charge in [-0.3, -0.25) is 4.79 Å². The van der Waals surface area contributed by atoms with E-state index in [9.17, 15) is 9.59 Å². The summed E-state index contributed by atoms with van der Waals surface area (Å²) in [5.41, 5.74) is 2.54. The molecule has 1 aliphatic rings. The summed E-state index contributed by atoms with van der Waals surface area (Å²) in [6, 6.07) is 4.68. The lowest BCUT2D eigenvalue weighted by Gasteiger charge is -2.13. The fourth-order valence-electron chi connectivity index (χ4n) is 2.06. The van der Waals surface area contributed by atoms with Crippen molar-refractivity contribution in [2.45, 2.75) is 25.8 Å². The first-order valence-electron chi connectivity index (χ1n) is 5.95. The third-order valence-corrected chi connectivity index (χ3v) is 3.08. The molecule has 0 fully saturated rings. The number of rotatable bonds is 4. The van der Waals surface area contributed by atoms with E-state index in [4.69, 9.17) is 5.11 Å². The van der Waals surface area contributed by atoms with Crippen LogP contribution >= 0.6 is 0 Å². The molecule has 0 heterocycles. The number of aliphatic carboxylic acids is 1. The van der Waals surface area contributed by atoms with E-state index in [1.165, 1.54) is 0 Å². The first-order chi connectivity index (χ1) is 8.63. The Kier molecular flexibility index (Phi) is 3.46. The smallest absolute Gasteiger partial charge is 0.326 e. The SMILES string of the molecule is CC[C@H](NC(=O)c1cccc2c1C=CC2)C(=O)O. The topological polar surface area (TPSA) is 66.4 Å². The molecule has 0 radical (unpaired) electrons. The van der Waals surface area contributed by atoms with Crippen LogP contribution in [0, 0.1) is 0 Å². The van der Waals surface area contributed by atoms with E-state index < -0.39 is 12.0 Å². The normalized spacial score (nSPS) is 14.1. The fourth-order valence-corrected chi connectivity index (χ4v) is 2.06. The van der Waals surface area contributed by atoms with Gasteiger partial charge in [-0.2, -0.15) is 0 Å². The van der Waals surface area contributed by atoms with Crippen LogP contribution in [0.15, 0.2) is 24.3 Å². The molecule has 0 saturated heterocycles. The number of hydrogen-bond acceptors (Lipinski definition) is 2. The van der Waals surface area contributed by atoms with Crippen LogP contribution in [0.4, 0.5) is 0 Å². The van der Waals surface area contributed by atoms with Crippen molar-refractivity contribution in [3.05, 3.63) is 41.0 Å². The summed E-state index contributed by atoms with van der Waals surface area (Å²) in [7, 11) is 0. The van der Waals surface area contributed by atoms with E-state index in [0.717, 1.165) is 17.5 Å². The van der Waals surface area contributed by atoms with Crippen molar-refractivity contribution in [3.63, 3.8) is 0 Å². The third kappa shape index (κ3) is 2.27. The number of benzene rings is 1. The number of carbonyl (C=O) groups is 2. The molecule has 1 amide bonds. The van der Waals surface area contributed by atoms with Crippen LogP contribution in [0.5, 0.6) is 0 Å². The molecule has 18 heavy (non-hydrogen) atoms. The molecule has 0 aliphatic heterocycles. The Hall–Kier alpha value is -2.10. The molecule has 0 aromatic heterocycles. The molecule has 1 atom stereocenters. The third-order valence-electron chi connectivity index (χ3n) is 3.08. The summed E-state index contributed by atoms with van der Waals surface area (Å²) in [6.45, 7) is 1.73. The zero-order valence-electron chi connectivity index (χ0n) is 10.1. The van der Waals surface area contributed by atoms with E-state index in [2.05, 4.69) is 5.32 Å². The monoisotopic (exact) mass is 245 g/mol. The zero-order chi connectivity index (χ0) is 13.1. The van der Waals surface area contributed by atoms with Gasteiger partial charge in [0.05, 0.1) is 0 Å². The first kappa shape index (κ1) is 12.4. The Morgan fingerprint density at radius 1 is 1.44 bits per heavy atom. The van der Waals surface area contributed by atoms with Crippen molar-refractivity contribution in [1.82, 2.24) is 5.32 Å². The number of nitrogens with one attached hydrogen (secondary N) is 1. The van der Waals surface area contributed by atoms with Gasteiger partial charge < -0.3 is 10.4 Å². The number of amides is 1. The maximum atomic E-state index is 12.1. The van der Waals surface area contributed by atoms with Gasteiger partial charge in [-0.25, -0.2) is 4.79 Å². The number of allylic oxidation sites excluding steroid dienone is 1. The van der Waals surface area contributed by atoms with Crippen molar-refractivity contribution in [2.75, 3.05) is 0 Å². The van der Waals surface area contributed by atoms with E-state index in [1.54, 1.807) is 13.0 Å². The lowest BCUT2D eigenvalue weighted by Crippen LogP contribution is -2.40. The summed E-state index contributed by atoms with van der Waals surface area (Å²) in [5.74, 6) is -1.33. The highest BCUT2D eigenvalue weighted by Crippen LogP contribution is 2.23. The van der Waals surface area contributed by atoms with Gasteiger partial charge in [0, 0.05) is 5.56 Å². The molecule has 1 aromatic rings. The highest BCUT2D eigenvalue weighted by molar-refractivity contribution is 6.00. The van der Waals surface area contributed by atoms with Crippen molar-refractivity contribution < 1.29 is 14.7 Å². The quantitative estimate of drug-likeness (QED) is 0.850. The van der Waals surface area contributed by atoms with Gasteiger partial charge in [0.15, 0.2) is 0 Å². The molecule has 1 aromatic carbocycles. The minimum absolute atomic E-state index is 0.326. The van der Waals surface area contributed by atoms with Crippen LogP contribution in [0.25, 0.3) is 6.08 Å². The highest BCUT2D eigenvalue weighted by Gasteiger charge is 2.21. The predicted octanol–water partition coefficient (Wildman–Crippen LogP) is 1.85. The molecule has 4 nitrogen and oxygen atoms in total. The number of carboxylic acid groups (broad SMARTS) is 1. The van der Waals surface area contributed by atoms with Crippen LogP contribution in [-0.4, -0.2) is 23.0 Å². The zero-order valence-corrected chi connectivity index (χ0v) is 10.1. The summed E-state index contributed by atoms with van der Waals surface area (Å²) in [6.07, 6.45) is 5.10. The maximum absolute atomic E-state index is 12.1. The van der Waals surface area contributed by atoms with Crippen molar-refractivity contribution >= 4 is 18.0 Å². The van der Waals surface area contributed by atoms with Crippen molar-refractivity contribution in [2.24, 2.45) is 0 Å². The lowest BCUT2D eigenvalue weighted by molar-refractivity contribution is -0.139. The number of hydrogen-bond donors (Lipinski definition) is 2. The fraction of sp³-hybridized carbons (Fsp3) is 0.286. The Bertz CT molecular complexity index is 520. The predicted molar refractivity (Wildman–Crippen MR) is 68.4 cm³/mol. The molecule has 0 bridgehead atoms. The van der Waals surface area contributed by atoms with Gasteiger partial charge in [0.1, 0.15) is 6.04 Å². The van der Waals surface area contributed by atoms with Gasteiger partial charge in [-0.1, -0.05) is 31.2 Å². The van der Waals surface area contributed by atoms with E-state index in [1.807, 2.05) is 24.3 Å². The Morgan fingerprint density at radius 3 is 2.89 bits per heavy atom. The minimum Gasteiger partial charge on any atom is -0.480 e. The number of carbonyl (C=O) groups excluding carboxylic acids is 1. The molecule has 4 heteroatoms. The van der Waals surface area contributed by atoms with Crippen LogP contribution in [0.3, 0.4) is 0 Å². The molecular formula is C14H15NO3. The van der Waals surface area contributed by atoms with Crippen molar-refractivity contribution in [3.8, 4) is 0 Å². The Balaban J connectivity index is 2.22. The van der Waals surface area contributed by atoms with Gasteiger partial charge in [-0.15, -0.1) is 0 Å².